The fraction of sp³-hybridized carbons (Fsp3) is 0.0769. The number of carbonyl (C=O) groups excluding carboxylic acids is 2. The third kappa shape index (κ3) is 4.69. The normalized spacial score (nSPS) is 14.4. The third-order valence-corrected chi connectivity index (χ3v) is 5.47. The molecule has 33 heavy (non-hydrogen) atoms. The Kier molecular flexibility index (Phi) is 6.34. The highest BCUT2D eigenvalue weighted by Crippen LogP contribution is 2.31. The van der Waals surface area contributed by atoms with Crippen molar-refractivity contribution in [1.29, 1.82) is 5.26 Å². The number of benzene rings is 3. The topological polar surface area (TPSA) is 94.3 Å². The van der Waals surface area contributed by atoms with Crippen LogP contribution < -0.4 is 10.6 Å². The third-order valence-electron chi connectivity index (χ3n) is 5.22. The van der Waals surface area contributed by atoms with Crippen LogP contribution in [0, 0.1) is 11.3 Å². The predicted octanol–water partition coefficient (Wildman–Crippen LogP) is 4.64. The molecule has 1 aliphatic rings. The molecule has 6 nitrogen and oxygen atoms in total. The Bertz CT molecular complexity index is 1320. The number of hydrogen-bond acceptors (Lipinski definition) is 4. The van der Waals surface area contributed by atoms with E-state index in [4.69, 9.17) is 11.6 Å². The molecule has 1 atom stereocenters. The lowest BCUT2D eigenvalue weighted by Gasteiger charge is -2.14. The molecular weight excluding hydrogens is 436 g/mol. The number of nitrogens with one attached hydrogen (secondary N) is 2. The lowest BCUT2D eigenvalue weighted by molar-refractivity contribution is -0.117. The van der Waals surface area contributed by atoms with Gasteiger partial charge in [-0.05, 0) is 36.8 Å². The maximum atomic E-state index is 13.0. The van der Waals surface area contributed by atoms with Gasteiger partial charge in [-0.25, -0.2) is 4.99 Å². The van der Waals surface area contributed by atoms with Crippen molar-refractivity contribution in [2.24, 2.45) is 4.99 Å². The van der Waals surface area contributed by atoms with Crippen LogP contribution >= 0.6 is 11.6 Å². The van der Waals surface area contributed by atoms with Crippen LogP contribution in [-0.4, -0.2) is 17.6 Å². The number of nitriles is 1. The monoisotopic (exact) mass is 454 g/mol. The molecule has 1 unspecified atom stereocenters. The van der Waals surface area contributed by atoms with Gasteiger partial charge in [-0.1, -0.05) is 66.2 Å². The molecule has 1 heterocycles. The molecule has 0 saturated heterocycles. The van der Waals surface area contributed by atoms with E-state index in [1.54, 1.807) is 48.5 Å². The van der Waals surface area contributed by atoms with E-state index in [9.17, 15) is 14.9 Å². The van der Waals surface area contributed by atoms with E-state index in [1.807, 2.05) is 43.3 Å². The summed E-state index contributed by atoms with van der Waals surface area (Å²) in [6.07, 6.45) is 0. The van der Waals surface area contributed by atoms with Gasteiger partial charge in [-0.3, -0.25) is 9.59 Å². The second kappa shape index (κ2) is 9.51. The van der Waals surface area contributed by atoms with Crippen molar-refractivity contribution in [3.63, 3.8) is 0 Å². The molecule has 162 valence electrons. The van der Waals surface area contributed by atoms with Crippen molar-refractivity contribution in [2.75, 3.05) is 0 Å². The first kappa shape index (κ1) is 22.0. The van der Waals surface area contributed by atoms with Gasteiger partial charge in [-0.2, -0.15) is 5.26 Å². The number of nitrogens with zero attached hydrogens (tertiary/aromatic N) is 2. The van der Waals surface area contributed by atoms with Crippen molar-refractivity contribution in [3.8, 4) is 6.07 Å². The molecule has 0 spiro atoms. The first-order valence-electron chi connectivity index (χ1n) is 10.2. The molecule has 3 aromatic carbocycles. The summed E-state index contributed by atoms with van der Waals surface area (Å²) in [6.45, 7) is 1.84. The van der Waals surface area contributed by atoms with Crippen LogP contribution in [0.2, 0.25) is 5.02 Å². The van der Waals surface area contributed by atoms with Gasteiger partial charge < -0.3 is 10.6 Å². The van der Waals surface area contributed by atoms with Crippen LogP contribution in [0.5, 0.6) is 0 Å². The van der Waals surface area contributed by atoms with Crippen LogP contribution in [0.3, 0.4) is 0 Å². The Balaban J connectivity index is 1.65. The summed E-state index contributed by atoms with van der Waals surface area (Å²) in [4.78, 5) is 30.2. The molecule has 2 amide bonds. The molecule has 4 rings (SSSR count). The van der Waals surface area contributed by atoms with Gasteiger partial charge in [0.2, 0.25) is 0 Å². The number of rotatable bonds is 4. The minimum atomic E-state index is -0.535. The van der Waals surface area contributed by atoms with Crippen molar-refractivity contribution in [3.05, 3.63) is 112 Å². The second-order valence-electron chi connectivity index (χ2n) is 7.41. The van der Waals surface area contributed by atoms with Crippen LogP contribution in [0.1, 0.15) is 40.0 Å². The fourth-order valence-electron chi connectivity index (χ4n) is 3.50. The van der Waals surface area contributed by atoms with Gasteiger partial charge in [0.25, 0.3) is 11.8 Å². The maximum absolute atomic E-state index is 13.0. The second-order valence-corrected chi connectivity index (χ2v) is 7.84. The Morgan fingerprint density at radius 2 is 1.58 bits per heavy atom. The minimum Gasteiger partial charge on any atom is -0.345 e. The van der Waals surface area contributed by atoms with E-state index in [-0.39, 0.29) is 29.1 Å². The summed E-state index contributed by atoms with van der Waals surface area (Å²) >= 11 is 5.90. The number of fused-ring (bicyclic) bond motifs is 1. The Labute approximate surface area is 196 Å². The summed E-state index contributed by atoms with van der Waals surface area (Å²) in [5, 5.41) is 16.0. The summed E-state index contributed by atoms with van der Waals surface area (Å²) in [5.41, 5.74) is 2.65. The molecule has 7 heteroatoms. The number of hydrogen-bond donors (Lipinski definition) is 2. The molecule has 0 aliphatic carbocycles. The van der Waals surface area contributed by atoms with E-state index < -0.39 is 5.91 Å². The highest BCUT2D eigenvalue weighted by atomic mass is 35.5. The SMILES string of the molecule is CC(NC(=O)/C(C#N)=C1\N=C(NC(=O)c2ccc(Cl)cc2)c2ccccc21)c1ccccc1. The standard InChI is InChI=1S/C26H19ClN4O2/c1-16(17-7-3-2-4-8-17)29-26(33)22(15-28)23-20-9-5-6-10-21(20)24(30-23)31-25(32)18-11-13-19(27)14-12-18/h2-14,16H,1H3,(H,29,33)(H,30,31,32)/b23-22-. The van der Waals surface area contributed by atoms with Gasteiger partial charge in [0.1, 0.15) is 17.5 Å². The van der Waals surface area contributed by atoms with E-state index in [2.05, 4.69) is 15.6 Å². The van der Waals surface area contributed by atoms with Crippen molar-refractivity contribution < 1.29 is 9.59 Å². The van der Waals surface area contributed by atoms with Gasteiger partial charge in [0.05, 0.1) is 11.7 Å². The zero-order valence-electron chi connectivity index (χ0n) is 17.7. The molecule has 0 bridgehead atoms. The van der Waals surface area contributed by atoms with Crippen molar-refractivity contribution in [2.45, 2.75) is 13.0 Å². The number of amides is 2. The van der Waals surface area contributed by atoms with Crippen LogP contribution in [0.15, 0.2) is 89.4 Å². The predicted molar refractivity (Wildman–Crippen MR) is 127 cm³/mol. The van der Waals surface area contributed by atoms with Gasteiger partial charge in [-0.15, -0.1) is 0 Å². The van der Waals surface area contributed by atoms with Gasteiger partial charge in [0, 0.05) is 21.7 Å². The molecule has 0 aromatic heterocycles. The smallest absolute Gasteiger partial charge is 0.264 e. The van der Waals surface area contributed by atoms with Gasteiger partial charge in [0.15, 0.2) is 0 Å². The summed E-state index contributed by atoms with van der Waals surface area (Å²) in [7, 11) is 0. The molecule has 0 radical (unpaired) electrons. The first-order chi connectivity index (χ1) is 16.0. The Hall–Kier alpha value is -4.21. The zero-order chi connectivity index (χ0) is 23.4. The number of aliphatic imine (C=N–C) groups is 1. The van der Waals surface area contributed by atoms with Crippen LogP contribution in [-0.2, 0) is 4.79 Å². The zero-order valence-corrected chi connectivity index (χ0v) is 18.4. The summed E-state index contributed by atoms with van der Waals surface area (Å²) in [5.74, 6) is -0.632. The number of halogens is 1. The van der Waals surface area contributed by atoms with Crippen LogP contribution in [0.25, 0.3) is 5.70 Å². The van der Waals surface area contributed by atoms with E-state index in [1.165, 1.54) is 0 Å². The highest BCUT2D eigenvalue weighted by Gasteiger charge is 2.27. The Morgan fingerprint density at radius 3 is 2.24 bits per heavy atom. The Morgan fingerprint density at radius 1 is 0.939 bits per heavy atom. The average molecular weight is 455 g/mol. The van der Waals surface area contributed by atoms with Gasteiger partial charge >= 0.3 is 0 Å². The highest BCUT2D eigenvalue weighted by molar-refractivity contribution is 6.30. The number of carbonyl (C=O) groups is 2. The number of amidine groups is 1. The quantitative estimate of drug-likeness (QED) is 0.444. The molecule has 0 saturated carbocycles. The maximum Gasteiger partial charge on any atom is 0.264 e. The van der Waals surface area contributed by atoms with Crippen molar-refractivity contribution >= 4 is 34.9 Å². The molecule has 2 N–H and O–H groups in total. The van der Waals surface area contributed by atoms with E-state index in [0.717, 1.165) is 5.56 Å². The van der Waals surface area contributed by atoms with Crippen molar-refractivity contribution in [1.82, 2.24) is 10.6 Å². The molecule has 0 fully saturated rings. The fourth-order valence-corrected chi connectivity index (χ4v) is 3.63. The lowest BCUT2D eigenvalue weighted by Crippen LogP contribution is -2.30. The van der Waals surface area contributed by atoms with Crippen LogP contribution in [0.4, 0.5) is 0 Å². The summed E-state index contributed by atoms with van der Waals surface area (Å²) in [6, 6.07) is 24.7. The molecule has 3 aromatic rings. The summed E-state index contributed by atoms with van der Waals surface area (Å²) < 4.78 is 0. The average Bonchev–Trinajstić information content (AvgIpc) is 3.18. The molecular formula is C26H19ClN4O2. The van der Waals surface area contributed by atoms with E-state index in [0.29, 0.717) is 21.7 Å². The van der Waals surface area contributed by atoms with E-state index >= 15 is 0 Å². The largest absolute Gasteiger partial charge is 0.345 e. The first-order valence-corrected chi connectivity index (χ1v) is 10.6. The lowest BCUT2D eigenvalue weighted by atomic mass is 10.0. The molecule has 1 aliphatic heterocycles. The minimum absolute atomic E-state index is 0.124.